The lowest BCUT2D eigenvalue weighted by molar-refractivity contribution is 0.881. The summed E-state index contributed by atoms with van der Waals surface area (Å²) in [5, 5.41) is 4.06. The van der Waals surface area contributed by atoms with Crippen LogP contribution in [-0.4, -0.2) is 35.3 Å². The number of rotatable bonds is 4. The molecule has 2 rings (SSSR count). The van der Waals surface area contributed by atoms with Crippen LogP contribution in [0.25, 0.3) is 0 Å². The first kappa shape index (κ1) is 16.7. The lowest BCUT2D eigenvalue weighted by Gasteiger charge is -2.15. The molecule has 0 fully saturated rings. The zero-order chi connectivity index (χ0) is 16.2. The van der Waals surface area contributed by atoms with E-state index in [0.717, 1.165) is 5.56 Å². The molecule has 116 valence electrons. The van der Waals surface area contributed by atoms with Crippen LogP contribution >= 0.6 is 34.8 Å². The first-order chi connectivity index (χ1) is 10.4. The van der Waals surface area contributed by atoms with Gasteiger partial charge in [-0.2, -0.15) is 20.1 Å². The van der Waals surface area contributed by atoms with E-state index >= 15 is 0 Å². The minimum Gasteiger partial charge on any atom is -0.347 e. The van der Waals surface area contributed by atoms with Crippen LogP contribution in [0.1, 0.15) is 11.4 Å². The van der Waals surface area contributed by atoms with E-state index in [-0.39, 0.29) is 11.8 Å². The summed E-state index contributed by atoms with van der Waals surface area (Å²) in [4.78, 5) is 14.0. The molecule has 0 aliphatic heterocycles. The van der Waals surface area contributed by atoms with Gasteiger partial charge in [0, 0.05) is 14.1 Å². The standard InChI is InChI=1S/C13H13Cl3N6/c1-22(2)12-19-10(13(14,15)16)18-11(20-12)21-17-8-9-6-4-3-5-7-9/h3-8H,1-2H3,(H,18,19,20,21)/b17-8-. The maximum atomic E-state index is 5.83. The van der Waals surface area contributed by atoms with Crippen LogP contribution in [0.5, 0.6) is 0 Å². The number of benzene rings is 1. The third-order valence-corrected chi connectivity index (χ3v) is 2.96. The molecule has 0 spiro atoms. The highest BCUT2D eigenvalue weighted by Crippen LogP contribution is 2.36. The summed E-state index contributed by atoms with van der Waals surface area (Å²) in [6, 6.07) is 9.57. The second kappa shape index (κ2) is 7.09. The van der Waals surface area contributed by atoms with Crippen molar-refractivity contribution in [2.24, 2.45) is 5.10 Å². The molecule has 0 atom stereocenters. The zero-order valence-corrected chi connectivity index (χ0v) is 14.1. The van der Waals surface area contributed by atoms with Gasteiger partial charge in [0.2, 0.25) is 15.7 Å². The van der Waals surface area contributed by atoms with Crippen molar-refractivity contribution in [1.82, 2.24) is 15.0 Å². The Kier molecular flexibility index (Phi) is 5.39. The molecule has 1 aromatic carbocycles. The average Bonchev–Trinajstić information content (AvgIpc) is 2.47. The van der Waals surface area contributed by atoms with Gasteiger partial charge < -0.3 is 4.90 Å². The fourth-order valence-electron chi connectivity index (χ4n) is 1.45. The highest BCUT2D eigenvalue weighted by molar-refractivity contribution is 6.66. The number of nitrogens with zero attached hydrogens (tertiary/aromatic N) is 5. The molecule has 0 aliphatic rings. The first-order valence-electron chi connectivity index (χ1n) is 6.21. The van der Waals surface area contributed by atoms with Crippen molar-refractivity contribution in [1.29, 1.82) is 0 Å². The van der Waals surface area contributed by atoms with Gasteiger partial charge in [0.15, 0.2) is 5.82 Å². The molecule has 0 radical (unpaired) electrons. The van der Waals surface area contributed by atoms with E-state index < -0.39 is 3.79 Å². The molecule has 1 N–H and O–H groups in total. The Morgan fingerprint density at radius 1 is 1.09 bits per heavy atom. The highest BCUT2D eigenvalue weighted by atomic mass is 35.6. The van der Waals surface area contributed by atoms with Crippen molar-refractivity contribution < 1.29 is 0 Å². The lowest BCUT2D eigenvalue weighted by Crippen LogP contribution is -2.18. The molecule has 0 bridgehead atoms. The van der Waals surface area contributed by atoms with Crippen molar-refractivity contribution in [3.05, 3.63) is 41.7 Å². The minimum absolute atomic E-state index is 0.0219. The summed E-state index contributed by atoms with van der Waals surface area (Å²) >= 11 is 17.5. The van der Waals surface area contributed by atoms with E-state index in [1.54, 1.807) is 25.2 Å². The molecule has 0 saturated carbocycles. The highest BCUT2D eigenvalue weighted by Gasteiger charge is 2.28. The molecule has 22 heavy (non-hydrogen) atoms. The quantitative estimate of drug-likeness (QED) is 0.516. The molecule has 6 nitrogen and oxygen atoms in total. The Bertz CT molecular complexity index is 655. The smallest absolute Gasteiger partial charge is 0.250 e. The van der Waals surface area contributed by atoms with E-state index in [9.17, 15) is 0 Å². The number of hydrogen-bond acceptors (Lipinski definition) is 6. The van der Waals surface area contributed by atoms with Gasteiger partial charge in [-0.25, -0.2) is 5.43 Å². The van der Waals surface area contributed by atoms with E-state index in [4.69, 9.17) is 34.8 Å². The van der Waals surface area contributed by atoms with Crippen LogP contribution in [0.15, 0.2) is 35.4 Å². The average molecular weight is 360 g/mol. The predicted molar refractivity (Wildman–Crippen MR) is 91.0 cm³/mol. The molecule has 9 heteroatoms. The van der Waals surface area contributed by atoms with Crippen LogP contribution in [0.2, 0.25) is 0 Å². The Balaban J connectivity index is 2.23. The lowest BCUT2D eigenvalue weighted by atomic mass is 10.2. The van der Waals surface area contributed by atoms with E-state index in [1.165, 1.54) is 0 Å². The molecule has 0 amide bonds. The van der Waals surface area contributed by atoms with Gasteiger partial charge in [-0.15, -0.1) is 0 Å². The van der Waals surface area contributed by atoms with Crippen LogP contribution in [-0.2, 0) is 3.79 Å². The molecular weight excluding hydrogens is 347 g/mol. The Hall–Kier alpha value is -1.63. The predicted octanol–water partition coefficient (Wildman–Crippen LogP) is 3.21. The minimum atomic E-state index is -1.74. The van der Waals surface area contributed by atoms with Crippen molar-refractivity contribution in [2.45, 2.75) is 3.79 Å². The monoisotopic (exact) mass is 358 g/mol. The number of hydrogen-bond donors (Lipinski definition) is 1. The topological polar surface area (TPSA) is 66.3 Å². The van der Waals surface area contributed by atoms with Crippen LogP contribution in [0.4, 0.5) is 11.9 Å². The summed E-state index contributed by atoms with van der Waals surface area (Å²) in [7, 11) is 3.54. The number of aromatic nitrogens is 3. The normalized spacial score (nSPS) is 11.7. The maximum absolute atomic E-state index is 5.83. The second-order valence-electron chi connectivity index (χ2n) is 4.46. The Labute approximate surface area is 143 Å². The summed E-state index contributed by atoms with van der Waals surface area (Å²) in [5.74, 6) is 0.564. The van der Waals surface area contributed by atoms with Gasteiger partial charge in [-0.05, 0) is 5.56 Å². The fourth-order valence-corrected chi connectivity index (χ4v) is 1.70. The van der Waals surface area contributed by atoms with Gasteiger partial charge in [-0.3, -0.25) is 0 Å². The molecular formula is C13H13Cl3N6. The number of halogens is 3. The molecule has 1 aromatic heterocycles. The third kappa shape index (κ3) is 4.69. The van der Waals surface area contributed by atoms with E-state index in [0.29, 0.717) is 5.95 Å². The van der Waals surface area contributed by atoms with Crippen molar-refractivity contribution in [3.8, 4) is 0 Å². The molecule has 1 heterocycles. The number of anilines is 2. The molecule has 0 saturated heterocycles. The summed E-state index contributed by atoms with van der Waals surface area (Å²) in [6.07, 6.45) is 1.63. The molecule has 2 aromatic rings. The second-order valence-corrected chi connectivity index (χ2v) is 6.74. The van der Waals surface area contributed by atoms with Crippen molar-refractivity contribution in [3.63, 3.8) is 0 Å². The number of hydrazone groups is 1. The maximum Gasteiger partial charge on any atom is 0.250 e. The van der Waals surface area contributed by atoms with Gasteiger partial charge in [0.05, 0.1) is 6.21 Å². The van der Waals surface area contributed by atoms with Crippen LogP contribution in [0, 0.1) is 0 Å². The van der Waals surface area contributed by atoms with Crippen molar-refractivity contribution in [2.75, 3.05) is 24.4 Å². The SMILES string of the molecule is CN(C)c1nc(N/N=C\c2ccccc2)nc(C(Cl)(Cl)Cl)n1. The van der Waals surface area contributed by atoms with Crippen LogP contribution < -0.4 is 10.3 Å². The first-order valence-corrected chi connectivity index (χ1v) is 7.34. The largest absolute Gasteiger partial charge is 0.347 e. The Morgan fingerprint density at radius 3 is 2.36 bits per heavy atom. The summed E-state index contributed by atoms with van der Waals surface area (Å²) in [5.41, 5.74) is 3.63. The fraction of sp³-hybridized carbons (Fsp3) is 0.231. The van der Waals surface area contributed by atoms with E-state index in [1.807, 2.05) is 30.3 Å². The van der Waals surface area contributed by atoms with Crippen LogP contribution in [0.3, 0.4) is 0 Å². The van der Waals surface area contributed by atoms with E-state index in [2.05, 4.69) is 25.5 Å². The van der Waals surface area contributed by atoms with Gasteiger partial charge >= 0.3 is 0 Å². The zero-order valence-electron chi connectivity index (χ0n) is 11.8. The molecule has 0 aliphatic carbocycles. The summed E-state index contributed by atoms with van der Waals surface area (Å²) in [6.45, 7) is 0. The van der Waals surface area contributed by atoms with Crippen molar-refractivity contribution >= 4 is 52.9 Å². The van der Waals surface area contributed by atoms with Gasteiger partial charge in [0.1, 0.15) is 0 Å². The summed E-state index contributed by atoms with van der Waals surface area (Å²) < 4.78 is -1.74. The van der Waals surface area contributed by atoms with Gasteiger partial charge in [-0.1, -0.05) is 65.1 Å². The molecule has 0 unspecified atom stereocenters. The number of alkyl halides is 3. The number of nitrogens with one attached hydrogen (secondary N) is 1. The van der Waals surface area contributed by atoms with Gasteiger partial charge in [0.25, 0.3) is 0 Å². The third-order valence-electron chi connectivity index (χ3n) is 2.45. The Morgan fingerprint density at radius 2 is 1.77 bits per heavy atom.